The number of aliphatic hydroxyl groups is 2. The van der Waals surface area contributed by atoms with Crippen LogP contribution in [-0.4, -0.2) is 51.7 Å². The molecule has 3 saturated carbocycles. The van der Waals surface area contributed by atoms with E-state index < -0.39 is 40.1 Å². The van der Waals surface area contributed by atoms with E-state index in [4.69, 9.17) is 9.47 Å². The van der Waals surface area contributed by atoms with E-state index >= 15 is 4.39 Å². The van der Waals surface area contributed by atoms with E-state index in [9.17, 15) is 19.8 Å². The van der Waals surface area contributed by atoms with Crippen LogP contribution in [0.3, 0.4) is 0 Å². The molecular formula is C27H37FO6. The lowest BCUT2D eigenvalue weighted by molar-refractivity contribution is -0.439. The van der Waals surface area contributed by atoms with Gasteiger partial charge >= 0.3 is 0 Å². The first-order chi connectivity index (χ1) is 15.8. The number of allylic oxidation sites excluding steroid dienone is 4. The quantitative estimate of drug-likeness (QED) is 0.632. The minimum Gasteiger partial charge on any atom is -0.390 e. The van der Waals surface area contributed by atoms with Crippen LogP contribution in [0.4, 0.5) is 4.39 Å². The van der Waals surface area contributed by atoms with E-state index in [0.29, 0.717) is 25.7 Å². The van der Waals surface area contributed by atoms with Crippen molar-refractivity contribution in [2.45, 2.75) is 90.1 Å². The third-order valence-corrected chi connectivity index (χ3v) is 10.5. The van der Waals surface area contributed by atoms with Gasteiger partial charge in [0, 0.05) is 22.7 Å². The van der Waals surface area contributed by atoms with Crippen LogP contribution in [0, 0.1) is 34.5 Å². The maximum atomic E-state index is 17.3. The van der Waals surface area contributed by atoms with Crippen LogP contribution < -0.4 is 0 Å². The SMILES string of the molecule is CCC(C)C1(O)OCC(=O)[C@@]2(O1)[C@H](C)C[C@H]1[C@@H]3CCC4=CC(=O)C=C[C@]4(C)[C@@]3(F)[C@@H](O)C[C@@]12C. The second-order valence-corrected chi connectivity index (χ2v) is 11.9. The summed E-state index contributed by atoms with van der Waals surface area (Å²) in [7, 11) is 0. The van der Waals surface area contributed by atoms with Crippen LogP contribution in [0.1, 0.15) is 66.7 Å². The van der Waals surface area contributed by atoms with E-state index in [-0.39, 0.29) is 42.3 Å². The van der Waals surface area contributed by atoms with Crippen molar-refractivity contribution < 1.29 is 33.7 Å². The average Bonchev–Trinajstić information content (AvgIpc) is 2.99. The van der Waals surface area contributed by atoms with E-state index in [1.807, 2.05) is 27.7 Å². The predicted molar refractivity (Wildman–Crippen MR) is 122 cm³/mol. The Morgan fingerprint density at radius 2 is 1.97 bits per heavy atom. The maximum absolute atomic E-state index is 17.3. The molecule has 6 nitrogen and oxygen atoms in total. The number of carbonyl (C=O) groups is 2. The van der Waals surface area contributed by atoms with Gasteiger partial charge in [-0.2, -0.15) is 0 Å². The molecule has 10 atom stereocenters. The molecule has 4 aliphatic carbocycles. The first kappa shape index (κ1) is 24.3. The Kier molecular flexibility index (Phi) is 5.22. The van der Waals surface area contributed by atoms with Crippen molar-refractivity contribution >= 4 is 11.6 Å². The van der Waals surface area contributed by atoms with Crippen LogP contribution in [0.5, 0.6) is 0 Å². The second kappa shape index (κ2) is 7.31. The Morgan fingerprint density at radius 1 is 1.26 bits per heavy atom. The highest BCUT2D eigenvalue weighted by Crippen LogP contribution is 2.72. The summed E-state index contributed by atoms with van der Waals surface area (Å²) in [6.45, 7) is 9.11. The van der Waals surface area contributed by atoms with Crippen LogP contribution >= 0.6 is 0 Å². The third-order valence-electron chi connectivity index (χ3n) is 10.5. The second-order valence-electron chi connectivity index (χ2n) is 11.9. The first-order valence-corrected chi connectivity index (χ1v) is 12.7. The van der Waals surface area contributed by atoms with E-state index in [2.05, 4.69) is 0 Å². The zero-order valence-corrected chi connectivity index (χ0v) is 20.8. The molecule has 188 valence electrons. The normalized spacial score (nSPS) is 53.2. The Bertz CT molecular complexity index is 992. The van der Waals surface area contributed by atoms with Gasteiger partial charge in [-0.1, -0.05) is 39.3 Å². The fraction of sp³-hybridized carbons (Fsp3) is 0.778. The van der Waals surface area contributed by atoms with Gasteiger partial charge in [0.1, 0.15) is 12.2 Å². The van der Waals surface area contributed by atoms with E-state index in [0.717, 1.165) is 5.57 Å². The van der Waals surface area contributed by atoms with Crippen molar-refractivity contribution in [2.75, 3.05) is 6.61 Å². The molecule has 2 N–H and O–H groups in total. The summed E-state index contributed by atoms with van der Waals surface area (Å²) in [4.78, 5) is 25.6. The Morgan fingerprint density at radius 3 is 2.65 bits per heavy atom. The number of hydrogen-bond donors (Lipinski definition) is 2. The highest BCUT2D eigenvalue weighted by atomic mass is 19.1. The van der Waals surface area contributed by atoms with Gasteiger partial charge in [0.25, 0.3) is 5.97 Å². The number of halogens is 1. The lowest BCUT2D eigenvalue weighted by Gasteiger charge is -2.64. The van der Waals surface area contributed by atoms with Crippen LogP contribution in [0.15, 0.2) is 23.8 Å². The Balaban J connectivity index is 1.61. The zero-order valence-electron chi connectivity index (χ0n) is 20.8. The minimum absolute atomic E-state index is 0.0298. The number of ether oxygens (including phenoxy) is 2. The average molecular weight is 477 g/mol. The van der Waals surface area contributed by atoms with Crippen molar-refractivity contribution in [1.29, 1.82) is 0 Å². The highest BCUT2D eigenvalue weighted by molar-refractivity contribution is 6.01. The fourth-order valence-electron chi connectivity index (χ4n) is 8.44. The number of ketones is 2. The predicted octanol–water partition coefficient (Wildman–Crippen LogP) is 3.65. The topological polar surface area (TPSA) is 93.1 Å². The molecule has 1 aliphatic heterocycles. The number of Topliss-reactive ketones (excluding diaryl/α,β-unsaturated/α-hetero) is 1. The van der Waals surface area contributed by atoms with Crippen molar-refractivity contribution in [3.05, 3.63) is 23.8 Å². The smallest absolute Gasteiger partial charge is 0.284 e. The first-order valence-electron chi connectivity index (χ1n) is 12.7. The molecule has 5 rings (SSSR count). The van der Waals surface area contributed by atoms with Gasteiger partial charge in [0.15, 0.2) is 17.2 Å². The molecule has 1 spiro atoms. The zero-order chi connectivity index (χ0) is 24.9. The van der Waals surface area contributed by atoms with Crippen LogP contribution in [0.2, 0.25) is 0 Å². The van der Waals surface area contributed by atoms with Crippen molar-refractivity contribution in [3.63, 3.8) is 0 Å². The number of aliphatic hydroxyl groups excluding tert-OH is 1. The van der Waals surface area contributed by atoms with Crippen LogP contribution in [0.25, 0.3) is 0 Å². The summed E-state index contributed by atoms with van der Waals surface area (Å²) < 4.78 is 29.2. The molecule has 7 heteroatoms. The number of fused-ring (bicyclic) bond motifs is 6. The number of alkyl halides is 1. The molecular weight excluding hydrogens is 439 g/mol. The van der Waals surface area contributed by atoms with Crippen molar-refractivity contribution in [2.24, 2.45) is 34.5 Å². The van der Waals surface area contributed by atoms with E-state index in [1.165, 1.54) is 12.2 Å². The largest absolute Gasteiger partial charge is 0.390 e. The minimum atomic E-state index is -1.97. The summed E-state index contributed by atoms with van der Waals surface area (Å²) in [5, 5.41) is 22.8. The Hall–Kier alpha value is -1.41. The molecule has 0 aromatic carbocycles. The van der Waals surface area contributed by atoms with Crippen LogP contribution in [-0.2, 0) is 19.1 Å². The van der Waals surface area contributed by atoms with Gasteiger partial charge in [-0.25, -0.2) is 4.39 Å². The standard InChI is InChI=1S/C27H37FO6/c1-6-15(2)27(32)33-14-22(31)26(34-27)16(3)11-20-19-8-7-17-12-18(29)9-10-23(17,4)25(19,28)21(30)13-24(20,26)5/h9-10,12,15-16,19-21,30,32H,6-8,11,13-14H2,1-5H3/t15?,16-,19+,20+,21+,23+,24+,25+,26+,27?/m1/s1. The molecule has 0 amide bonds. The lowest BCUT2D eigenvalue weighted by Crippen LogP contribution is -2.72. The van der Waals surface area contributed by atoms with Crippen molar-refractivity contribution in [1.82, 2.24) is 0 Å². The van der Waals surface area contributed by atoms with Gasteiger partial charge in [-0.05, 0) is 63.0 Å². The van der Waals surface area contributed by atoms with Gasteiger partial charge in [0.05, 0.1) is 6.10 Å². The molecule has 5 aliphatic rings. The summed E-state index contributed by atoms with van der Waals surface area (Å²) in [5.74, 6) is -3.71. The summed E-state index contributed by atoms with van der Waals surface area (Å²) in [6.07, 6.45) is 5.43. The number of carbonyl (C=O) groups excluding carboxylic acids is 2. The summed E-state index contributed by atoms with van der Waals surface area (Å²) in [5.41, 5.74) is -4.56. The maximum Gasteiger partial charge on any atom is 0.284 e. The van der Waals surface area contributed by atoms with Gasteiger partial charge in [0.2, 0.25) is 0 Å². The molecule has 0 aromatic rings. The molecule has 0 bridgehead atoms. The van der Waals surface area contributed by atoms with Gasteiger partial charge in [-0.15, -0.1) is 0 Å². The van der Waals surface area contributed by atoms with Crippen molar-refractivity contribution in [3.8, 4) is 0 Å². The molecule has 2 unspecified atom stereocenters. The molecule has 4 fully saturated rings. The van der Waals surface area contributed by atoms with E-state index in [1.54, 1.807) is 13.0 Å². The monoisotopic (exact) mass is 476 g/mol. The number of hydrogen-bond acceptors (Lipinski definition) is 6. The molecule has 34 heavy (non-hydrogen) atoms. The third kappa shape index (κ3) is 2.65. The number of rotatable bonds is 2. The molecule has 1 saturated heterocycles. The molecule has 0 radical (unpaired) electrons. The molecule has 0 aromatic heterocycles. The van der Waals surface area contributed by atoms with Gasteiger partial charge < -0.3 is 19.7 Å². The lowest BCUT2D eigenvalue weighted by atomic mass is 9.44. The fourth-order valence-corrected chi connectivity index (χ4v) is 8.44. The van der Waals surface area contributed by atoms with Gasteiger partial charge in [-0.3, -0.25) is 9.59 Å². The summed E-state index contributed by atoms with van der Waals surface area (Å²) in [6, 6.07) is 0. The Labute approximate surface area is 200 Å². The highest BCUT2D eigenvalue weighted by Gasteiger charge is 2.78. The summed E-state index contributed by atoms with van der Waals surface area (Å²) >= 11 is 0. The molecule has 1 heterocycles.